The molecule has 2 aromatic heterocycles. The molecule has 2 heterocycles. The molecule has 0 unspecified atom stereocenters. The summed E-state index contributed by atoms with van der Waals surface area (Å²) in [6.45, 7) is 9.55. The lowest BCUT2D eigenvalue weighted by molar-refractivity contribution is 0.112. The minimum atomic E-state index is 0.737. The van der Waals surface area contributed by atoms with Crippen molar-refractivity contribution in [2.75, 3.05) is 6.61 Å². The Morgan fingerprint density at radius 2 is 1.04 bits per heavy atom. The van der Waals surface area contributed by atoms with Crippen LogP contribution in [0, 0.1) is 0 Å². The van der Waals surface area contributed by atoms with Crippen molar-refractivity contribution in [2.24, 2.45) is 0 Å². The highest BCUT2D eigenvalue weighted by Gasteiger charge is 2.14. The number of unbranched alkanes of at least 4 members (excludes halogenated alkanes) is 9. The van der Waals surface area contributed by atoms with Crippen LogP contribution in [0.15, 0.2) is 72.8 Å². The fourth-order valence-electron chi connectivity index (χ4n) is 6.87. The Kier molecular flexibility index (Phi) is 12.5. The lowest BCUT2D eigenvalue weighted by Gasteiger charge is -2.19. The fraction of sp³-hybridized carbons (Fsp3) is 0.419. The molecular weight excluding hydrogens is 641 g/mol. The Balaban J connectivity index is 1.44. The average Bonchev–Trinajstić information content (AvgIpc) is 3.13. The molecule has 0 fully saturated rings. The molecule has 0 radical (unpaired) electrons. The molecule has 0 atom stereocenters. The van der Waals surface area contributed by atoms with Crippen molar-refractivity contribution in [2.45, 2.75) is 111 Å². The first-order valence-electron chi connectivity index (χ1n) is 18.7. The van der Waals surface area contributed by atoms with Crippen molar-refractivity contribution >= 4 is 69.8 Å². The van der Waals surface area contributed by atoms with Gasteiger partial charge in [-0.2, -0.15) is 0 Å². The van der Waals surface area contributed by atoms with Crippen molar-refractivity contribution in [1.29, 1.82) is 0 Å². The first-order valence-corrected chi connectivity index (χ1v) is 20.3. The van der Waals surface area contributed by atoms with E-state index in [1.807, 2.05) is 28.7 Å². The lowest BCUT2D eigenvalue weighted by atomic mass is 10.1. The summed E-state index contributed by atoms with van der Waals surface area (Å²) in [5.41, 5.74) is 8.29. The molecule has 0 N–H and O–H groups in total. The van der Waals surface area contributed by atoms with Gasteiger partial charge in [0.1, 0.15) is 12.0 Å². The third-order valence-corrected chi connectivity index (χ3v) is 11.8. The van der Waals surface area contributed by atoms with Gasteiger partial charge in [0.25, 0.3) is 0 Å². The summed E-state index contributed by atoms with van der Waals surface area (Å²) in [6, 6.07) is 26.7. The number of hydrogen-bond acceptors (Lipinski definition) is 4. The zero-order chi connectivity index (χ0) is 34.0. The summed E-state index contributed by atoms with van der Waals surface area (Å²) in [5, 5.41) is 0. The topological polar surface area (TPSA) is 36.2 Å². The van der Waals surface area contributed by atoms with Crippen LogP contribution >= 0.6 is 22.7 Å². The van der Waals surface area contributed by atoms with Crippen LogP contribution in [-0.4, -0.2) is 22.0 Å². The number of hydrogen-bond donors (Lipinski definition) is 0. The molecule has 6 rings (SSSR count). The molecule has 4 aromatic carbocycles. The number of benzene rings is 4. The van der Waals surface area contributed by atoms with E-state index in [1.165, 1.54) is 116 Å². The molecule has 0 saturated carbocycles. The van der Waals surface area contributed by atoms with Crippen LogP contribution in [0.3, 0.4) is 0 Å². The normalized spacial score (nSPS) is 11.7. The van der Waals surface area contributed by atoms with Gasteiger partial charge >= 0.3 is 0 Å². The third-order valence-electron chi connectivity index (χ3n) is 9.65. The van der Waals surface area contributed by atoms with Gasteiger partial charge in [-0.3, -0.25) is 4.79 Å². The van der Waals surface area contributed by atoms with E-state index >= 15 is 0 Å². The van der Waals surface area contributed by atoms with Gasteiger partial charge in [0.2, 0.25) is 0 Å². The van der Waals surface area contributed by atoms with Crippen molar-refractivity contribution in [3.8, 4) is 16.9 Å². The van der Waals surface area contributed by atoms with Crippen molar-refractivity contribution in [1.82, 2.24) is 9.13 Å². The summed E-state index contributed by atoms with van der Waals surface area (Å²) < 4.78 is 16.2. The second-order valence-electron chi connectivity index (χ2n) is 13.4. The maximum atomic E-state index is 11.7. The third kappa shape index (κ3) is 8.41. The minimum Gasteiger partial charge on any atom is -0.494 e. The number of nitrogens with zero attached hydrogens (tertiary/aromatic N) is 2. The molecule has 0 bridgehead atoms. The zero-order valence-corrected chi connectivity index (χ0v) is 31.3. The van der Waals surface area contributed by atoms with Crippen LogP contribution in [0.25, 0.3) is 52.0 Å². The van der Waals surface area contributed by atoms with Crippen LogP contribution in [0.5, 0.6) is 5.75 Å². The van der Waals surface area contributed by atoms with Crippen molar-refractivity contribution < 1.29 is 9.53 Å². The molecule has 6 aromatic rings. The molecule has 0 aliphatic carbocycles. The Bertz CT molecular complexity index is 2040. The highest BCUT2D eigenvalue weighted by molar-refractivity contribution is 7.25. The summed E-state index contributed by atoms with van der Waals surface area (Å²) in [4.78, 5) is 11.7. The van der Waals surface area contributed by atoms with Crippen molar-refractivity contribution in [3.63, 3.8) is 0 Å². The molecule has 6 heteroatoms. The maximum absolute atomic E-state index is 11.7. The summed E-state index contributed by atoms with van der Waals surface area (Å²) >= 11 is 3.71. The smallest absolute Gasteiger partial charge is 0.150 e. The van der Waals surface area contributed by atoms with Gasteiger partial charge < -0.3 is 13.9 Å². The summed E-state index contributed by atoms with van der Waals surface area (Å²) in [6.07, 6.45) is 15.6. The predicted molar refractivity (Wildman–Crippen MR) is 215 cm³/mol. The number of aryl methyl sites for hydroxylation is 2. The second kappa shape index (κ2) is 17.4. The molecule has 0 spiro atoms. The average molecular weight is 693 g/mol. The first-order chi connectivity index (χ1) is 24.1. The maximum Gasteiger partial charge on any atom is 0.150 e. The highest BCUT2D eigenvalue weighted by atomic mass is 32.1. The SMILES string of the molecule is CCCCCCOc1ccc(-c2ccc3c(c2)sc2cc4c(cc2n3CCCCCC)sc2cc(C=O)ccc2n4CCCCCC)cc1. The van der Waals surface area contributed by atoms with Gasteiger partial charge in [-0.05, 0) is 85.0 Å². The van der Waals surface area contributed by atoms with E-state index in [-0.39, 0.29) is 0 Å². The van der Waals surface area contributed by atoms with Gasteiger partial charge in [0.15, 0.2) is 0 Å². The molecule has 258 valence electrons. The van der Waals surface area contributed by atoms with Crippen LogP contribution < -0.4 is 4.74 Å². The standard InChI is InChI=1S/C43H52N2O2S2/c1-4-7-10-13-24-44-36-22-16-32(31-46)27-40(36)48-42-29-39-43(30-38(42)44)49-41-28-34(19-23-37(41)45(39)25-14-11-8-5-2)33-17-20-35(21-18-33)47-26-15-12-9-6-3/h16-23,27-31H,4-15,24-26H2,1-3H3. The minimum absolute atomic E-state index is 0.737. The summed E-state index contributed by atoms with van der Waals surface area (Å²) in [5.74, 6) is 0.950. The van der Waals surface area contributed by atoms with E-state index < -0.39 is 0 Å². The van der Waals surface area contributed by atoms with Crippen LogP contribution in [0.1, 0.15) is 108 Å². The molecule has 0 aliphatic rings. The lowest BCUT2D eigenvalue weighted by Crippen LogP contribution is -2.05. The van der Waals surface area contributed by atoms with Crippen LogP contribution in [0.4, 0.5) is 0 Å². The van der Waals surface area contributed by atoms with Crippen LogP contribution in [-0.2, 0) is 13.1 Å². The Morgan fingerprint density at radius 1 is 0.531 bits per heavy atom. The monoisotopic (exact) mass is 692 g/mol. The second-order valence-corrected chi connectivity index (χ2v) is 15.5. The number of ether oxygens (including phenoxy) is 1. The van der Waals surface area contributed by atoms with Gasteiger partial charge in [-0.25, -0.2) is 0 Å². The van der Waals surface area contributed by atoms with E-state index in [0.717, 1.165) is 50.1 Å². The fourth-order valence-corrected chi connectivity index (χ4v) is 9.17. The van der Waals surface area contributed by atoms with Crippen molar-refractivity contribution in [3.05, 3.63) is 78.4 Å². The molecule has 0 aliphatic heterocycles. The van der Waals surface area contributed by atoms with E-state index in [0.29, 0.717) is 0 Å². The highest BCUT2D eigenvalue weighted by Crippen LogP contribution is 2.38. The Morgan fingerprint density at radius 3 is 1.61 bits per heavy atom. The largest absolute Gasteiger partial charge is 0.494 e. The van der Waals surface area contributed by atoms with Gasteiger partial charge in [-0.15, -0.1) is 22.7 Å². The van der Waals surface area contributed by atoms with Gasteiger partial charge in [-0.1, -0.05) is 96.8 Å². The molecule has 4 nitrogen and oxygen atoms in total. The number of carbonyl (C=O) groups excluding carboxylic acids is 1. The first kappa shape index (κ1) is 35.2. The number of aldehydes is 1. The number of fused-ring (bicyclic) bond motifs is 4. The van der Waals surface area contributed by atoms with Gasteiger partial charge in [0, 0.05) is 18.7 Å². The Labute approximate surface area is 300 Å². The molecular formula is C43H52N2O2S2. The van der Waals surface area contributed by atoms with E-state index in [9.17, 15) is 4.79 Å². The quantitative estimate of drug-likeness (QED) is 0.0511. The predicted octanol–water partition coefficient (Wildman–Crippen LogP) is 13.7. The zero-order valence-electron chi connectivity index (χ0n) is 29.6. The molecule has 0 saturated heterocycles. The van der Waals surface area contributed by atoms with Gasteiger partial charge in [0.05, 0.1) is 47.5 Å². The number of rotatable bonds is 18. The van der Waals surface area contributed by atoms with E-state index in [4.69, 9.17) is 4.74 Å². The van der Waals surface area contributed by atoms with E-state index in [1.54, 1.807) is 0 Å². The summed E-state index contributed by atoms with van der Waals surface area (Å²) in [7, 11) is 0. The molecule has 0 amide bonds. The number of carbonyl (C=O) groups is 1. The van der Waals surface area contributed by atoms with E-state index in [2.05, 4.69) is 96.6 Å². The number of aromatic nitrogens is 2. The Hall–Kier alpha value is -3.61. The van der Waals surface area contributed by atoms with Crippen LogP contribution in [0.2, 0.25) is 0 Å². The molecule has 49 heavy (non-hydrogen) atoms.